The summed E-state index contributed by atoms with van der Waals surface area (Å²) < 4.78 is 10.9. The fraction of sp³-hybridized carbons (Fsp3) is 0.308. The molecule has 2 aromatic carbocycles. The number of nitrogens with zero attached hydrogens (tertiary/aromatic N) is 2. The van der Waals surface area contributed by atoms with E-state index < -0.39 is 0 Å². The van der Waals surface area contributed by atoms with Crippen LogP contribution in [0.3, 0.4) is 0 Å². The highest BCUT2D eigenvalue weighted by Gasteiger charge is 2.24. The van der Waals surface area contributed by atoms with E-state index in [0.717, 1.165) is 24.2 Å². The Morgan fingerprint density at radius 2 is 2.12 bits per heavy atom. The standard InChI is InChI=1S/C26H29N3O3/c1-19-17-29(26(30)28-24-16-27-31-18-24)12-11-23(19)14-22-9-6-10-25(15-22)32-20(2)13-21-7-4-3-5-8-21/h3-10,14-16,18-20H,11-13,17H2,1-2H3,(H,28,30). The molecule has 0 aliphatic carbocycles. The summed E-state index contributed by atoms with van der Waals surface area (Å²) in [5, 5.41) is 6.43. The number of carbonyl (C=O) groups is 1. The van der Waals surface area contributed by atoms with E-state index in [0.29, 0.717) is 18.8 Å². The summed E-state index contributed by atoms with van der Waals surface area (Å²) in [5.41, 5.74) is 4.31. The topological polar surface area (TPSA) is 67.6 Å². The predicted octanol–water partition coefficient (Wildman–Crippen LogP) is 5.64. The van der Waals surface area contributed by atoms with Crippen molar-refractivity contribution in [1.29, 1.82) is 0 Å². The van der Waals surface area contributed by atoms with Crippen LogP contribution in [0.4, 0.5) is 10.5 Å². The van der Waals surface area contributed by atoms with E-state index in [-0.39, 0.29) is 18.1 Å². The Kier molecular flexibility index (Phi) is 6.90. The molecule has 0 bridgehead atoms. The van der Waals surface area contributed by atoms with Gasteiger partial charge in [-0.25, -0.2) is 4.79 Å². The number of aromatic nitrogens is 1. The van der Waals surface area contributed by atoms with Gasteiger partial charge in [0.25, 0.3) is 0 Å². The molecule has 1 fully saturated rings. The van der Waals surface area contributed by atoms with Crippen molar-refractivity contribution in [3.63, 3.8) is 0 Å². The molecule has 1 aliphatic rings. The second-order valence-corrected chi connectivity index (χ2v) is 8.35. The van der Waals surface area contributed by atoms with Crippen molar-refractivity contribution in [2.24, 2.45) is 5.92 Å². The largest absolute Gasteiger partial charge is 0.490 e. The number of hydrogen-bond acceptors (Lipinski definition) is 4. The summed E-state index contributed by atoms with van der Waals surface area (Å²) in [7, 11) is 0. The van der Waals surface area contributed by atoms with E-state index in [2.05, 4.69) is 66.8 Å². The first-order valence-corrected chi connectivity index (χ1v) is 11.0. The number of nitrogens with one attached hydrogen (secondary N) is 1. The maximum Gasteiger partial charge on any atom is 0.322 e. The molecule has 2 heterocycles. The zero-order valence-corrected chi connectivity index (χ0v) is 18.5. The Bertz CT molecular complexity index is 1050. The van der Waals surface area contributed by atoms with Crippen LogP contribution in [0.15, 0.2) is 77.2 Å². The Morgan fingerprint density at radius 1 is 1.28 bits per heavy atom. The van der Waals surface area contributed by atoms with Crippen LogP contribution in [-0.2, 0) is 6.42 Å². The summed E-state index contributed by atoms with van der Waals surface area (Å²) in [6.07, 6.45) is 6.95. The van der Waals surface area contributed by atoms with Crippen LogP contribution in [0, 0.1) is 5.92 Å². The third-order valence-electron chi connectivity index (χ3n) is 5.68. The first-order valence-electron chi connectivity index (χ1n) is 11.0. The number of rotatable bonds is 6. The molecule has 4 rings (SSSR count). The number of piperidine rings is 1. The van der Waals surface area contributed by atoms with E-state index in [9.17, 15) is 4.79 Å². The number of urea groups is 1. The SMILES string of the molecule is CC(Cc1ccccc1)Oc1cccc(C=C2CCN(C(=O)Nc3cnoc3)CC2C)c1. The van der Waals surface area contributed by atoms with Crippen LogP contribution >= 0.6 is 0 Å². The monoisotopic (exact) mass is 431 g/mol. The van der Waals surface area contributed by atoms with Crippen LogP contribution in [-0.4, -0.2) is 35.3 Å². The highest BCUT2D eigenvalue weighted by molar-refractivity contribution is 5.89. The Morgan fingerprint density at radius 3 is 2.88 bits per heavy atom. The van der Waals surface area contributed by atoms with Gasteiger partial charge in [-0.15, -0.1) is 0 Å². The van der Waals surface area contributed by atoms with E-state index in [1.807, 2.05) is 23.1 Å². The van der Waals surface area contributed by atoms with Gasteiger partial charge in [-0.05, 0) is 42.5 Å². The van der Waals surface area contributed by atoms with Crippen molar-refractivity contribution in [3.8, 4) is 5.75 Å². The average molecular weight is 432 g/mol. The second-order valence-electron chi connectivity index (χ2n) is 8.35. The summed E-state index contributed by atoms with van der Waals surface area (Å²) in [6.45, 7) is 5.61. The molecule has 2 unspecified atom stereocenters. The molecule has 0 spiro atoms. The van der Waals surface area contributed by atoms with Crippen LogP contribution in [0.2, 0.25) is 0 Å². The molecular weight excluding hydrogens is 402 g/mol. The van der Waals surface area contributed by atoms with Gasteiger partial charge >= 0.3 is 6.03 Å². The van der Waals surface area contributed by atoms with Crippen molar-refractivity contribution in [1.82, 2.24) is 10.1 Å². The summed E-state index contributed by atoms with van der Waals surface area (Å²) in [4.78, 5) is 14.3. The fourth-order valence-electron chi connectivity index (χ4n) is 4.03. The van der Waals surface area contributed by atoms with Crippen LogP contribution in [0.25, 0.3) is 6.08 Å². The lowest BCUT2D eigenvalue weighted by Crippen LogP contribution is -2.42. The predicted molar refractivity (Wildman–Crippen MR) is 126 cm³/mol. The van der Waals surface area contributed by atoms with Gasteiger partial charge in [0.2, 0.25) is 0 Å². The van der Waals surface area contributed by atoms with E-state index in [1.54, 1.807) is 0 Å². The zero-order valence-electron chi connectivity index (χ0n) is 18.5. The minimum absolute atomic E-state index is 0.0893. The van der Waals surface area contributed by atoms with Crippen molar-refractivity contribution in [2.45, 2.75) is 32.8 Å². The van der Waals surface area contributed by atoms with Gasteiger partial charge in [0.05, 0.1) is 12.3 Å². The molecule has 6 heteroatoms. The molecular formula is C26H29N3O3. The summed E-state index contributed by atoms with van der Waals surface area (Å²) in [6, 6.07) is 18.5. The van der Waals surface area contributed by atoms with Crippen molar-refractivity contribution in [3.05, 3.63) is 83.8 Å². The maximum absolute atomic E-state index is 12.5. The Balaban J connectivity index is 1.35. The highest BCUT2D eigenvalue weighted by atomic mass is 16.5. The molecule has 3 aromatic rings. The van der Waals surface area contributed by atoms with E-state index >= 15 is 0 Å². The number of anilines is 1. The number of ether oxygens (including phenoxy) is 1. The van der Waals surface area contributed by atoms with Crippen LogP contribution in [0.1, 0.15) is 31.4 Å². The van der Waals surface area contributed by atoms with Gasteiger partial charge in [0, 0.05) is 19.5 Å². The molecule has 0 radical (unpaired) electrons. The van der Waals surface area contributed by atoms with Crippen LogP contribution < -0.4 is 10.1 Å². The minimum atomic E-state index is -0.123. The minimum Gasteiger partial charge on any atom is -0.490 e. The Labute approximate surface area is 188 Å². The molecule has 1 N–H and O–H groups in total. The number of carbonyl (C=O) groups excluding carboxylic acids is 1. The maximum atomic E-state index is 12.5. The first kappa shape index (κ1) is 21.7. The summed E-state index contributed by atoms with van der Waals surface area (Å²) in [5.74, 6) is 1.15. The van der Waals surface area contributed by atoms with E-state index in [1.165, 1.54) is 23.6 Å². The summed E-state index contributed by atoms with van der Waals surface area (Å²) >= 11 is 0. The molecule has 2 atom stereocenters. The molecule has 1 saturated heterocycles. The first-order chi connectivity index (χ1) is 15.6. The van der Waals surface area contributed by atoms with E-state index in [4.69, 9.17) is 9.26 Å². The number of benzene rings is 2. The molecule has 1 aromatic heterocycles. The van der Waals surface area contributed by atoms with Gasteiger partial charge in [-0.1, -0.05) is 66.2 Å². The third kappa shape index (κ3) is 5.78. The normalized spacial score (nSPS) is 18.4. The lowest BCUT2D eigenvalue weighted by molar-refractivity contribution is 0.198. The third-order valence-corrected chi connectivity index (χ3v) is 5.68. The molecule has 1 aliphatic heterocycles. The molecule has 6 nitrogen and oxygen atoms in total. The average Bonchev–Trinajstić information content (AvgIpc) is 3.29. The number of likely N-dealkylation sites (tertiary alicyclic amines) is 1. The smallest absolute Gasteiger partial charge is 0.322 e. The lowest BCUT2D eigenvalue weighted by atomic mass is 9.91. The van der Waals surface area contributed by atoms with Crippen molar-refractivity contribution >= 4 is 17.8 Å². The van der Waals surface area contributed by atoms with Crippen molar-refractivity contribution in [2.75, 3.05) is 18.4 Å². The van der Waals surface area contributed by atoms with Gasteiger partial charge in [-0.3, -0.25) is 0 Å². The van der Waals surface area contributed by atoms with Crippen molar-refractivity contribution < 1.29 is 14.1 Å². The molecule has 0 saturated carbocycles. The highest BCUT2D eigenvalue weighted by Crippen LogP contribution is 2.27. The molecule has 2 amide bonds. The molecule has 32 heavy (non-hydrogen) atoms. The number of hydrogen-bond donors (Lipinski definition) is 1. The van der Waals surface area contributed by atoms with Gasteiger partial charge in [-0.2, -0.15) is 0 Å². The van der Waals surface area contributed by atoms with Gasteiger partial charge in [0.15, 0.2) is 0 Å². The molecule has 166 valence electrons. The fourth-order valence-corrected chi connectivity index (χ4v) is 4.03. The lowest BCUT2D eigenvalue weighted by Gasteiger charge is -2.33. The van der Waals surface area contributed by atoms with Gasteiger partial charge in [0.1, 0.15) is 17.7 Å². The number of amides is 2. The second kappa shape index (κ2) is 10.2. The zero-order chi connectivity index (χ0) is 22.3. The van der Waals surface area contributed by atoms with Gasteiger partial charge < -0.3 is 19.5 Å². The quantitative estimate of drug-likeness (QED) is 0.548. The van der Waals surface area contributed by atoms with Crippen LogP contribution in [0.5, 0.6) is 5.75 Å². The Hall–Kier alpha value is -3.54.